The van der Waals surface area contributed by atoms with Crippen LogP contribution in [-0.4, -0.2) is 50.7 Å². The van der Waals surface area contributed by atoms with Crippen molar-refractivity contribution in [3.05, 3.63) is 71.0 Å². The number of nitrogens with one attached hydrogen (secondary N) is 3. The molecule has 172 valence electrons. The van der Waals surface area contributed by atoms with E-state index in [1.54, 1.807) is 25.1 Å². The monoisotopic (exact) mass is 467 g/mol. The van der Waals surface area contributed by atoms with Crippen LogP contribution in [0.5, 0.6) is 0 Å². The minimum Gasteiger partial charge on any atom is -0.350 e. The van der Waals surface area contributed by atoms with Gasteiger partial charge in [0.25, 0.3) is 0 Å². The van der Waals surface area contributed by atoms with E-state index in [2.05, 4.69) is 43.6 Å². The molecule has 2 aromatic carbocycles. The summed E-state index contributed by atoms with van der Waals surface area (Å²) in [5, 5.41) is 20.7. The van der Waals surface area contributed by atoms with Crippen LogP contribution in [0.4, 0.5) is 0 Å². The Morgan fingerprint density at radius 2 is 2.06 bits per heavy atom. The summed E-state index contributed by atoms with van der Waals surface area (Å²) in [7, 11) is 0. The van der Waals surface area contributed by atoms with Crippen molar-refractivity contribution in [1.82, 2.24) is 36.2 Å². The average Bonchev–Trinajstić information content (AvgIpc) is 3.51. The van der Waals surface area contributed by atoms with Gasteiger partial charge in [-0.2, -0.15) is 0 Å². The molecule has 3 aromatic rings. The van der Waals surface area contributed by atoms with Crippen molar-refractivity contribution in [1.29, 1.82) is 0 Å². The fourth-order valence-electron chi connectivity index (χ4n) is 4.02. The second kappa shape index (κ2) is 10.5. The summed E-state index contributed by atoms with van der Waals surface area (Å²) in [4.78, 5) is 25.3. The summed E-state index contributed by atoms with van der Waals surface area (Å²) in [6.45, 7) is 2.67. The number of halogens is 1. The number of benzene rings is 2. The van der Waals surface area contributed by atoms with E-state index in [1.165, 1.54) is 16.6 Å². The van der Waals surface area contributed by atoms with Crippen LogP contribution in [-0.2, 0) is 22.6 Å². The van der Waals surface area contributed by atoms with E-state index in [4.69, 9.17) is 11.6 Å². The Morgan fingerprint density at radius 3 is 2.82 bits per heavy atom. The van der Waals surface area contributed by atoms with Crippen LogP contribution in [0.1, 0.15) is 24.5 Å². The second-order valence-electron chi connectivity index (χ2n) is 8.23. The minimum absolute atomic E-state index is 0.162. The molecule has 1 aliphatic rings. The first-order valence-corrected chi connectivity index (χ1v) is 11.2. The lowest BCUT2D eigenvalue weighted by Crippen LogP contribution is -2.50. The normalized spacial score (nSPS) is 18.6. The van der Waals surface area contributed by atoms with Crippen LogP contribution in [0.15, 0.2) is 54.9 Å². The topological polar surface area (TPSA) is 114 Å². The lowest BCUT2D eigenvalue weighted by atomic mass is 9.96. The highest BCUT2D eigenvalue weighted by molar-refractivity contribution is 6.30. The number of hydrogen-bond donors (Lipinski definition) is 3. The van der Waals surface area contributed by atoms with E-state index in [0.717, 1.165) is 24.9 Å². The molecule has 33 heavy (non-hydrogen) atoms. The van der Waals surface area contributed by atoms with Crippen LogP contribution < -0.4 is 16.0 Å². The summed E-state index contributed by atoms with van der Waals surface area (Å²) < 4.78 is 1.50. The maximum Gasteiger partial charge on any atom is 0.242 e. The molecule has 1 fully saturated rings. The molecular formula is C23H26ClN7O2. The molecule has 0 aliphatic carbocycles. The third-order valence-electron chi connectivity index (χ3n) is 5.75. The molecule has 2 heterocycles. The molecule has 1 saturated heterocycles. The molecule has 0 saturated carbocycles. The van der Waals surface area contributed by atoms with Crippen molar-refractivity contribution >= 4 is 23.4 Å². The number of tetrazole rings is 1. The van der Waals surface area contributed by atoms with Crippen LogP contribution in [0.3, 0.4) is 0 Å². The van der Waals surface area contributed by atoms with E-state index in [1.807, 2.05) is 18.2 Å². The van der Waals surface area contributed by atoms with Gasteiger partial charge in [0.05, 0.1) is 11.7 Å². The number of rotatable bonds is 8. The van der Waals surface area contributed by atoms with Crippen molar-refractivity contribution in [3.63, 3.8) is 0 Å². The Labute approximate surface area is 196 Å². The highest BCUT2D eigenvalue weighted by Gasteiger charge is 2.30. The van der Waals surface area contributed by atoms with E-state index in [0.29, 0.717) is 16.6 Å². The Kier molecular flexibility index (Phi) is 7.31. The third-order valence-corrected chi connectivity index (χ3v) is 5.98. The Morgan fingerprint density at radius 1 is 1.24 bits per heavy atom. The third kappa shape index (κ3) is 5.94. The van der Waals surface area contributed by atoms with Gasteiger partial charge in [0.15, 0.2) is 0 Å². The van der Waals surface area contributed by atoms with Crippen molar-refractivity contribution < 1.29 is 9.59 Å². The number of hydrogen-bond acceptors (Lipinski definition) is 6. The second-order valence-corrected chi connectivity index (χ2v) is 8.66. The fourth-order valence-corrected chi connectivity index (χ4v) is 4.21. The maximum absolute atomic E-state index is 12.7. The molecule has 0 bridgehead atoms. The maximum atomic E-state index is 12.7. The zero-order valence-corrected chi connectivity index (χ0v) is 19.0. The first kappa shape index (κ1) is 22.9. The Hall–Kier alpha value is -3.30. The van der Waals surface area contributed by atoms with Gasteiger partial charge in [-0.3, -0.25) is 9.59 Å². The zero-order chi connectivity index (χ0) is 23.2. The summed E-state index contributed by atoms with van der Waals surface area (Å²) in [5.41, 5.74) is 2.73. The van der Waals surface area contributed by atoms with E-state index < -0.39 is 6.04 Å². The van der Waals surface area contributed by atoms with Crippen LogP contribution >= 0.6 is 11.6 Å². The van der Waals surface area contributed by atoms with Gasteiger partial charge in [0, 0.05) is 11.6 Å². The first-order valence-electron chi connectivity index (χ1n) is 10.9. The van der Waals surface area contributed by atoms with Crippen molar-refractivity contribution in [2.45, 2.75) is 38.4 Å². The quantitative estimate of drug-likeness (QED) is 0.464. The van der Waals surface area contributed by atoms with Gasteiger partial charge in [-0.05, 0) is 72.0 Å². The SMILES string of the molecule is C[C@H](NC(=O)[C@H]1C[C@H](Cc2ccccc2)CN1)C(=O)NCc1cc(Cl)ccc1-n1cnnn1. The summed E-state index contributed by atoms with van der Waals surface area (Å²) >= 11 is 6.12. The summed E-state index contributed by atoms with van der Waals surface area (Å²) in [5.74, 6) is -0.0602. The lowest BCUT2D eigenvalue weighted by molar-refractivity contribution is -0.129. The molecule has 0 radical (unpaired) electrons. The smallest absolute Gasteiger partial charge is 0.242 e. The molecule has 1 aliphatic heterocycles. The van der Waals surface area contributed by atoms with Crippen molar-refractivity contribution in [2.24, 2.45) is 5.92 Å². The van der Waals surface area contributed by atoms with E-state index in [9.17, 15) is 9.59 Å². The largest absolute Gasteiger partial charge is 0.350 e. The zero-order valence-electron chi connectivity index (χ0n) is 18.2. The first-order chi connectivity index (χ1) is 16.0. The molecule has 10 heteroatoms. The summed E-state index contributed by atoms with van der Waals surface area (Å²) in [6.07, 6.45) is 3.14. The predicted octanol–water partition coefficient (Wildman–Crippen LogP) is 1.66. The molecule has 1 aromatic heterocycles. The fraction of sp³-hybridized carbons (Fsp3) is 0.348. The van der Waals surface area contributed by atoms with Crippen LogP contribution in [0.25, 0.3) is 5.69 Å². The lowest BCUT2D eigenvalue weighted by Gasteiger charge is -2.18. The number of carbonyl (C=O) groups is 2. The van der Waals surface area contributed by atoms with Crippen molar-refractivity contribution in [2.75, 3.05) is 6.54 Å². The van der Waals surface area contributed by atoms with E-state index in [-0.39, 0.29) is 24.4 Å². The van der Waals surface area contributed by atoms with Crippen LogP contribution in [0.2, 0.25) is 5.02 Å². The standard InChI is InChI=1S/C23H26ClN7O2/c1-15(28-23(33)20-10-17(12-25-20)9-16-5-3-2-4-6-16)22(32)26-13-18-11-19(24)7-8-21(18)31-14-27-29-30-31/h2-8,11,14-15,17,20,25H,9-10,12-13H2,1H3,(H,26,32)(H,28,33)/t15-,17-,20+/m0/s1. The Bertz CT molecular complexity index is 1090. The molecule has 0 unspecified atom stereocenters. The minimum atomic E-state index is -0.678. The molecule has 0 spiro atoms. The van der Waals surface area contributed by atoms with Crippen molar-refractivity contribution in [3.8, 4) is 5.69 Å². The molecule has 4 rings (SSSR count). The molecular weight excluding hydrogens is 442 g/mol. The molecule has 3 atom stereocenters. The van der Waals surface area contributed by atoms with Gasteiger partial charge >= 0.3 is 0 Å². The van der Waals surface area contributed by atoms with Gasteiger partial charge in [-0.15, -0.1) is 5.10 Å². The molecule has 3 N–H and O–H groups in total. The van der Waals surface area contributed by atoms with Gasteiger partial charge in [-0.25, -0.2) is 4.68 Å². The van der Waals surface area contributed by atoms with Gasteiger partial charge in [-0.1, -0.05) is 41.9 Å². The number of nitrogens with zero attached hydrogens (tertiary/aromatic N) is 4. The highest BCUT2D eigenvalue weighted by atomic mass is 35.5. The van der Waals surface area contributed by atoms with Gasteiger partial charge < -0.3 is 16.0 Å². The Balaban J connectivity index is 1.28. The van der Waals surface area contributed by atoms with Gasteiger partial charge in [0.1, 0.15) is 12.4 Å². The van der Waals surface area contributed by atoms with E-state index >= 15 is 0 Å². The number of aromatic nitrogens is 4. The predicted molar refractivity (Wildman–Crippen MR) is 124 cm³/mol. The van der Waals surface area contributed by atoms with Gasteiger partial charge in [0.2, 0.25) is 11.8 Å². The highest BCUT2D eigenvalue weighted by Crippen LogP contribution is 2.20. The average molecular weight is 468 g/mol. The number of carbonyl (C=O) groups excluding carboxylic acids is 2. The number of amides is 2. The molecule has 9 nitrogen and oxygen atoms in total. The molecule has 2 amide bonds. The summed E-state index contributed by atoms with van der Waals surface area (Å²) in [6, 6.07) is 14.5. The van der Waals surface area contributed by atoms with Crippen LogP contribution in [0, 0.1) is 5.92 Å².